The molecule has 0 spiro atoms. The fraction of sp³-hybridized carbons (Fsp3) is 0.423. The molecule has 1 amide bonds. The van der Waals surface area contributed by atoms with Gasteiger partial charge in [0, 0.05) is 29.5 Å². The molecule has 1 aliphatic rings. The molecule has 32 heavy (non-hydrogen) atoms. The second-order valence-electron chi connectivity index (χ2n) is 7.86. The van der Waals surface area contributed by atoms with E-state index >= 15 is 0 Å². The summed E-state index contributed by atoms with van der Waals surface area (Å²) >= 11 is 3.59. The van der Waals surface area contributed by atoms with Crippen molar-refractivity contribution in [3.63, 3.8) is 0 Å². The number of carbonyl (C=O) groups is 1. The molecular formula is C26H33BrF2N2O. The summed E-state index contributed by atoms with van der Waals surface area (Å²) in [7, 11) is 0. The molecule has 0 aliphatic heterocycles. The molecule has 3 nitrogen and oxygen atoms in total. The first-order valence-electron chi connectivity index (χ1n) is 10.8. The number of aryl methyl sites for hydroxylation is 1. The average Bonchev–Trinajstić information content (AvgIpc) is 2.75. The Kier molecular flexibility index (Phi) is 12.8. The molecule has 2 aromatic carbocycles. The Morgan fingerprint density at radius 3 is 2.19 bits per heavy atom. The van der Waals surface area contributed by atoms with Gasteiger partial charge in [-0.2, -0.15) is 0 Å². The minimum atomic E-state index is -0.521. The Bertz CT molecular complexity index is 813. The minimum Gasteiger partial charge on any atom is -0.356 e. The van der Waals surface area contributed by atoms with E-state index in [1.54, 1.807) is 13.8 Å². The van der Waals surface area contributed by atoms with E-state index in [4.69, 9.17) is 0 Å². The molecule has 1 fully saturated rings. The van der Waals surface area contributed by atoms with Gasteiger partial charge in [0.15, 0.2) is 0 Å². The third kappa shape index (κ3) is 9.93. The van der Waals surface area contributed by atoms with Crippen molar-refractivity contribution in [1.82, 2.24) is 10.6 Å². The highest BCUT2D eigenvalue weighted by Crippen LogP contribution is 2.37. The number of nitrogens with one attached hydrogen (secondary N) is 2. The standard InChI is InChI=1S/C17H25BrN2O.C7H6F2.C2H2/c1-14(21)19-11-6-12-20-17(9-3-2-4-10-17)15-7-5-8-16(18)13-15;1-5-2-6(8)4-7(9)3-5;1-2/h5,7-8,13,20H,2-4,6,9-12H2,1H3,(H,19,21);2-4H,1H3;1-2H. The van der Waals surface area contributed by atoms with Crippen LogP contribution in [0.5, 0.6) is 0 Å². The van der Waals surface area contributed by atoms with Crippen molar-refractivity contribution in [2.45, 2.75) is 57.9 Å². The predicted molar refractivity (Wildman–Crippen MR) is 131 cm³/mol. The molecular weight excluding hydrogens is 474 g/mol. The molecule has 0 aromatic heterocycles. The summed E-state index contributed by atoms with van der Waals surface area (Å²) in [6.45, 7) is 4.90. The molecule has 3 rings (SSSR count). The Labute approximate surface area is 199 Å². The van der Waals surface area contributed by atoms with Gasteiger partial charge in [-0.25, -0.2) is 8.78 Å². The van der Waals surface area contributed by atoms with Crippen LogP contribution in [0.25, 0.3) is 0 Å². The highest BCUT2D eigenvalue weighted by molar-refractivity contribution is 9.10. The van der Waals surface area contributed by atoms with Crippen LogP contribution in [0.15, 0.2) is 46.9 Å². The molecule has 2 N–H and O–H groups in total. The van der Waals surface area contributed by atoms with E-state index in [1.165, 1.54) is 49.8 Å². The van der Waals surface area contributed by atoms with E-state index in [2.05, 4.69) is 63.7 Å². The van der Waals surface area contributed by atoms with Crippen LogP contribution >= 0.6 is 15.9 Å². The van der Waals surface area contributed by atoms with E-state index in [9.17, 15) is 13.6 Å². The third-order valence-corrected chi connectivity index (χ3v) is 5.78. The summed E-state index contributed by atoms with van der Waals surface area (Å²) < 4.78 is 25.5. The summed E-state index contributed by atoms with van der Waals surface area (Å²) in [5, 5.41) is 6.64. The van der Waals surface area contributed by atoms with Gasteiger partial charge in [-0.3, -0.25) is 4.79 Å². The number of carbonyl (C=O) groups excluding carboxylic acids is 1. The van der Waals surface area contributed by atoms with Crippen LogP contribution in [0.3, 0.4) is 0 Å². The first-order valence-corrected chi connectivity index (χ1v) is 11.6. The Morgan fingerprint density at radius 2 is 1.66 bits per heavy atom. The molecule has 6 heteroatoms. The van der Waals surface area contributed by atoms with Crippen molar-refractivity contribution in [2.24, 2.45) is 0 Å². The lowest BCUT2D eigenvalue weighted by molar-refractivity contribution is -0.118. The Morgan fingerprint density at radius 1 is 1.03 bits per heavy atom. The van der Waals surface area contributed by atoms with Crippen LogP contribution in [0.1, 0.15) is 56.6 Å². The third-order valence-electron chi connectivity index (χ3n) is 5.28. The zero-order chi connectivity index (χ0) is 24.0. The van der Waals surface area contributed by atoms with E-state index in [0.717, 1.165) is 30.0 Å². The van der Waals surface area contributed by atoms with Gasteiger partial charge in [0.1, 0.15) is 11.6 Å². The monoisotopic (exact) mass is 506 g/mol. The van der Waals surface area contributed by atoms with E-state index < -0.39 is 11.6 Å². The number of halogens is 3. The molecule has 0 unspecified atom stereocenters. The van der Waals surface area contributed by atoms with Crippen LogP contribution in [0.4, 0.5) is 8.78 Å². The van der Waals surface area contributed by atoms with Gasteiger partial charge in [-0.15, -0.1) is 12.8 Å². The van der Waals surface area contributed by atoms with Crippen LogP contribution in [0.2, 0.25) is 0 Å². The Hall–Kier alpha value is -2.23. The predicted octanol–water partition coefficient (Wildman–Crippen LogP) is 6.25. The van der Waals surface area contributed by atoms with Crippen molar-refractivity contribution in [3.8, 4) is 12.8 Å². The Balaban J connectivity index is 0.000000388. The molecule has 0 heterocycles. The first kappa shape index (κ1) is 27.8. The van der Waals surface area contributed by atoms with Crippen LogP contribution in [-0.2, 0) is 10.3 Å². The summed E-state index contributed by atoms with van der Waals surface area (Å²) in [5.41, 5.74) is 2.10. The number of hydrogen-bond donors (Lipinski definition) is 2. The SMILES string of the molecule is C#C.CC(=O)NCCCNC1(c2cccc(Br)c2)CCCCC1.Cc1cc(F)cc(F)c1. The van der Waals surface area contributed by atoms with Gasteiger partial charge in [-0.1, -0.05) is 47.3 Å². The molecule has 1 saturated carbocycles. The van der Waals surface area contributed by atoms with Crippen LogP contribution in [-0.4, -0.2) is 19.0 Å². The maximum absolute atomic E-state index is 12.2. The fourth-order valence-corrected chi connectivity index (χ4v) is 4.28. The molecule has 1 aliphatic carbocycles. The maximum atomic E-state index is 12.2. The zero-order valence-corrected chi connectivity index (χ0v) is 20.5. The quantitative estimate of drug-likeness (QED) is 0.359. The van der Waals surface area contributed by atoms with Crippen molar-refractivity contribution < 1.29 is 13.6 Å². The lowest BCUT2D eigenvalue weighted by Gasteiger charge is -2.39. The van der Waals surface area contributed by atoms with E-state index in [-0.39, 0.29) is 11.4 Å². The van der Waals surface area contributed by atoms with Crippen LogP contribution in [0, 0.1) is 31.4 Å². The van der Waals surface area contributed by atoms with Gasteiger partial charge in [-0.05, 0) is 68.1 Å². The average molecular weight is 507 g/mol. The highest BCUT2D eigenvalue weighted by atomic mass is 79.9. The number of terminal acetylenes is 1. The molecule has 0 radical (unpaired) electrons. The number of benzene rings is 2. The number of amides is 1. The lowest BCUT2D eigenvalue weighted by Crippen LogP contribution is -2.45. The summed E-state index contributed by atoms with van der Waals surface area (Å²) in [5.74, 6) is -0.991. The lowest BCUT2D eigenvalue weighted by atomic mass is 9.76. The number of rotatable bonds is 6. The molecule has 0 atom stereocenters. The largest absolute Gasteiger partial charge is 0.356 e. The van der Waals surface area contributed by atoms with Gasteiger partial charge in [0.2, 0.25) is 5.91 Å². The van der Waals surface area contributed by atoms with Crippen molar-refractivity contribution >= 4 is 21.8 Å². The molecule has 174 valence electrons. The van der Waals surface area contributed by atoms with E-state index in [0.29, 0.717) is 5.56 Å². The van der Waals surface area contributed by atoms with Crippen LogP contribution < -0.4 is 10.6 Å². The molecule has 0 bridgehead atoms. The summed E-state index contributed by atoms with van der Waals surface area (Å²) in [6, 6.07) is 12.1. The van der Waals surface area contributed by atoms with E-state index in [1.807, 2.05) is 0 Å². The summed E-state index contributed by atoms with van der Waals surface area (Å²) in [4.78, 5) is 10.9. The van der Waals surface area contributed by atoms with Gasteiger partial charge < -0.3 is 10.6 Å². The smallest absolute Gasteiger partial charge is 0.216 e. The second kappa shape index (κ2) is 14.8. The molecule has 0 saturated heterocycles. The molecule has 2 aromatic rings. The minimum absolute atomic E-state index is 0.0503. The topological polar surface area (TPSA) is 41.1 Å². The highest BCUT2D eigenvalue weighted by Gasteiger charge is 2.33. The summed E-state index contributed by atoms with van der Waals surface area (Å²) in [6.07, 6.45) is 15.3. The van der Waals surface area contributed by atoms with Crippen molar-refractivity contribution in [3.05, 3.63) is 69.7 Å². The fourth-order valence-electron chi connectivity index (χ4n) is 3.88. The van der Waals surface area contributed by atoms with Gasteiger partial charge in [0.25, 0.3) is 0 Å². The first-order chi connectivity index (χ1) is 15.3. The second-order valence-corrected chi connectivity index (χ2v) is 8.78. The van der Waals surface area contributed by atoms with Gasteiger partial charge >= 0.3 is 0 Å². The maximum Gasteiger partial charge on any atom is 0.216 e. The normalized spacial score (nSPS) is 14.2. The van der Waals surface area contributed by atoms with Crippen molar-refractivity contribution in [1.29, 1.82) is 0 Å². The van der Waals surface area contributed by atoms with Crippen molar-refractivity contribution in [2.75, 3.05) is 13.1 Å². The number of hydrogen-bond acceptors (Lipinski definition) is 2. The van der Waals surface area contributed by atoms with Gasteiger partial charge in [0.05, 0.1) is 0 Å². The zero-order valence-electron chi connectivity index (χ0n) is 18.9.